The van der Waals surface area contributed by atoms with Gasteiger partial charge in [-0.05, 0) is 48.0 Å². The van der Waals surface area contributed by atoms with Gasteiger partial charge in [0, 0.05) is 17.1 Å². The van der Waals surface area contributed by atoms with Crippen LogP contribution in [0.25, 0.3) is 10.8 Å². The lowest BCUT2D eigenvalue weighted by Crippen LogP contribution is -2.55. The number of methoxy groups -OCH3 is 1. The van der Waals surface area contributed by atoms with Gasteiger partial charge in [0.1, 0.15) is 30.2 Å². The molecule has 10 heteroatoms. The average Bonchev–Trinajstić information content (AvgIpc) is 2.99. The number of anilines is 1. The van der Waals surface area contributed by atoms with E-state index in [1.807, 2.05) is 36.4 Å². The Hall–Kier alpha value is -3.79. The van der Waals surface area contributed by atoms with Crippen LogP contribution >= 0.6 is 15.9 Å². The van der Waals surface area contributed by atoms with Gasteiger partial charge in [-0.2, -0.15) is 0 Å². The van der Waals surface area contributed by atoms with Gasteiger partial charge >= 0.3 is 6.09 Å². The third-order valence-electron chi connectivity index (χ3n) is 6.29. The maximum atomic E-state index is 13.8. The van der Waals surface area contributed by atoms with E-state index in [-0.39, 0.29) is 19.1 Å². The summed E-state index contributed by atoms with van der Waals surface area (Å²) in [4.78, 5) is 40.3. The fraction of sp³-hybridized carbons (Fsp3) is 0.269. The minimum Gasteiger partial charge on any atom is -0.496 e. The van der Waals surface area contributed by atoms with E-state index >= 15 is 0 Å². The molecule has 2 atom stereocenters. The molecular weight excluding hydrogens is 530 g/mol. The van der Waals surface area contributed by atoms with Crippen molar-refractivity contribution in [3.8, 4) is 11.5 Å². The normalized spacial score (nSPS) is 15.9. The number of para-hydroxylation sites is 2. The highest BCUT2D eigenvalue weighted by Gasteiger charge is 2.35. The third kappa shape index (κ3) is 4.94. The molecule has 2 N–H and O–H groups in total. The number of rotatable bonds is 6. The van der Waals surface area contributed by atoms with Crippen LogP contribution in [0.5, 0.6) is 11.5 Å². The second-order valence-electron chi connectivity index (χ2n) is 8.45. The van der Waals surface area contributed by atoms with E-state index in [1.54, 1.807) is 30.2 Å². The van der Waals surface area contributed by atoms with Gasteiger partial charge in [0.2, 0.25) is 5.91 Å². The van der Waals surface area contributed by atoms with Crippen molar-refractivity contribution in [1.82, 2.24) is 10.2 Å². The van der Waals surface area contributed by atoms with Gasteiger partial charge in [-0.1, -0.05) is 40.2 Å². The topological polar surface area (TPSA) is 108 Å². The first-order valence-corrected chi connectivity index (χ1v) is 12.0. The summed E-state index contributed by atoms with van der Waals surface area (Å²) in [5, 5.41) is 13.8. The van der Waals surface area contributed by atoms with Crippen LogP contribution < -0.4 is 19.7 Å². The van der Waals surface area contributed by atoms with Crippen LogP contribution in [0.1, 0.15) is 12.5 Å². The summed E-state index contributed by atoms with van der Waals surface area (Å²) in [6.07, 6.45) is -1.25. The Kier molecular flexibility index (Phi) is 7.35. The average molecular weight is 556 g/mol. The largest absolute Gasteiger partial charge is 0.496 e. The van der Waals surface area contributed by atoms with Crippen molar-refractivity contribution in [2.45, 2.75) is 25.6 Å². The number of halogens is 1. The van der Waals surface area contributed by atoms with Crippen molar-refractivity contribution in [2.75, 3.05) is 25.7 Å². The van der Waals surface area contributed by atoms with E-state index in [1.165, 1.54) is 14.0 Å². The first-order valence-electron chi connectivity index (χ1n) is 11.3. The van der Waals surface area contributed by atoms with E-state index in [2.05, 4.69) is 21.2 Å². The number of amides is 3. The summed E-state index contributed by atoms with van der Waals surface area (Å²) in [5.41, 5.74) is 1.36. The second kappa shape index (κ2) is 10.4. The SMILES string of the molecule is COc1ccc2cc(Br)ccc2c1CN1C(=O)[C@@H](NC(=O)[C@H](C)N(C)C(=O)O)COc2ccccc21. The molecule has 1 aliphatic heterocycles. The third-order valence-corrected chi connectivity index (χ3v) is 6.78. The van der Waals surface area contributed by atoms with Crippen LogP contribution in [0.3, 0.4) is 0 Å². The zero-order chi connectivity index (χ0) is 26.0. The maximum absolute atomic E-state index is 13.8. The highest BCUT2D eigenvalue weighted by molar-refractivity contribution is 9.10. The lowest BCUT2D eigenvalue weighted by molar-refractivity contribution is -0.130. The van der Waals surface area contributed by atoms with Crippen molar-refractivity contribution in [3.05, 3.63) is 64.6 Å². The van der Waals surface area contributed by atoms with Crippen LogP contribution in [0.15, 0.2) is 59.1 Å². The van der Waals surface area contributed by atoms with Gasteiger partial charge in [0.05, 0.1) is 19.3 Å². The van der Waals surface area contributed by atoms with Gasteiger partial charge < -0.3 is 24.8 Å². The minimum absolute atomic E-state index is 0.0960. The molecule has 4 rings (SSSR count). The first kappa shape index (κ1) is 25.3. The Morgan fingerprint density at radius 1 is 1.25 bits per heavy atom. The summed E-state index contributed by atoms with van der Waals surface area (Å²) in [7, 11) is 2.87. The highest BCUT2D eigenvalue weighted by atomic mass is 79.9. The molecule has 3 amide bonds. The molecule has 9 nitrogen and oxygen atoms in total. The molecule has 0 saturated heterocycles. The fourth-order valence-corrected chi connectivity index (χ4v) is 4.49. The highest BCUT2D eigenvalue weighted by Crippen LogP contribution is 2.36. The molecular formula is C26H26BrN3O6. The van der Waals surface area contributed by atoms with Crippen LogP contribution in [0.2, 0.25) is 0 Å². The Balaban J connectivity index is 1.72. The first-order chi connectivity index (χ1) is 17.2. The molecule has 0 unspecified atom stereocenters. The van der Waals surface area contributed by atoms with Crippen LogP contribution in [0, 0.1) is 0 Å². The van der Waals surface area contributed by atoms with Crippen LogP contribution in [-0.2, 0) is 16.1 Å². The Morgan fingerprint density at radius 2 is 2.00 bits per heavy atom. The fourth-order valence-electron chi connectivity index (χ4n) is 4.11. The molecule has 0 radical (unpaired) electrons. The quantitative estimate of drug-likeness (QED) is 0.475. The number of carboxylic acid groups (broad SMARTS) is 1. The molecule has 0 fully saturated rings. The summed E-state index contributed by atoms with van der Waals surface area (Å²) in [5.74, 6) is 0.146. The molecule has 0 bridgehead atoms. The number of hydrogen-bond acceptors (Lipinski definition) is 5. The molecule has 0 saturated carbocycles. The van der Waals surface area contributed by atoms with Crippen molar-refractivity contribution < 1.29 is 29.0 Å². The number of nitrogens with one attached hydrogen (secondary N) is 1. The molecule has 1 heterocycles. The summed E-state index contributed by atoms with van der Waals surface area (Å²) < 4.78 is 12.5. The number of ether oxygens (including phenoxy) is 2. The molecule has 0 aliphatic carbocycles. The molecule has 0 aromatic heterocycles. The van der Waals surface area contributed by atoms with Crippen molar-refractivity contribution in [3.63, 3.8) is 0 Å². The van der Waals surface area contributed by atoms with E-state index < -0.39 is 24.1 Å². The molecule has 3 aromatic carbocycles. The van der Waals surface area contributed by atoms with Crippen LogP contribution in [-0.4, -0.2) is 60.8 Å². The van der Waals surface area contributed by atoms with E-state index in [9.17, 15) is 19.5 Å². The number of fused-ring (bicyclic) bond motifs is 2. The number of nitrogens with zero attached hydrogens (tertiary/aromatic N) is 2. The molecule has 3 aromatic rings. The summed E-state index contributed by atoms with van der Waals surface area (Å²) in [6, 6.07) is 14.8. The van der Waals surface area contributed by atoms with Crippen molar-refractivity contribution >= 4 is 50.3 Å². The van der Waals surface area contributed by atoms with E-state index in [0.29, 0.717) is 17.2 Å². The van der Waals surface area contributed by atoms with E-state index in [4.69, 9.17) is 9.47 Å². The van der Waals surface area contributed by atoms with Gasteiger partial charge in [-0.3, -0.25) is 14.5 Å². The minimum atomic E-state index is -1.25. The number of benzene rings is 3. The Bertz CT molecular complexity index is 1330. The molecule has 1 aliphatic rings. The number of carbonyl (C=O) groups excluding carboxylic acids is 2. The van der Waals surface area contributed by atoms with Gasteiger partial charge in [0.15, 0.2) is 0 Å². The summed E-state index contributed by atoms with van der Waals surface area (Å²) in [6.45, 7) is 1.52. The standard InChI is InChI=1S/C26H26BrN3O6/c1-15(29(2)26(33)34)24(31)28-20-14-36-23-7-5-4-6-21(23)30(25(20)32)13-19-18-10-9-17(27)12-16(18)8-11-22(19)35-3/h4-12,15,20H,13-14H2,1-3H3,(H,28,31)(H,33,34)/t15-,20-/m0/s1. The predicted molar refractivity (Wildman–Crippen MR) is 139 cm³/mol. The van der Waals surface area contributed by atoms with E-state index in [0.717, 1.165) is 25.7 Å². The van der Waals surface area contributed by atoms with Crippen molar-refractivity contribution in [1.29, 1.82) is 0 Å². The zero-order valence-corrected chi connectivity index (χ0v) is 21.6. The molecule has 36 heavy (non-hydrogen) atoms. The number of likely N-dealkylation sites (N-methyl/N-ethyl adjacent to an activating group) is 1. The van der Waals surface area contributed by atoms with Gasteiger partial charge in [-0.15, -0.1) is 0 Å². The number of hydrogen-bond donors (Lipinski definition) is 2. The Morgan fingerprint density at radius 3 is 2.72 bits per heavy atom. The van der Waals surface area contributed by atoms with Gasteiger partial charge in [-0.25, -0.2) is 4.79 Å². The Labute approximate surface area is 216 Å². The monoisotopic (exact) mass is 555 g/mol. The van der Waals surface area contributed by atoms with Crippen molar-refractivity contribution in [2.24, 2.45) is 0 Å². The maximum Gasteiger partial charge on any atom is 0.407 e. The molecule has 0 spiro atoms. The molecule has 188 valence electrons. The van der Waals surface area contributed by atoms with Gasteiger partial charge in [0.25, 0.3) is 5.91 Å². The zero-order valence-electron chi connectivity index (χ0n) is 20.0. The smallest absolute Gasteiger partial charge is 0.407 e. The lowest BCUT2D eigenvalue weighted by atomic mass is 10.0. The number of carbonyl (C=O) groups is 3. The summed E-state index contributed by atoms with van der Waals surface area (Å²) >= 11 is 3.50. The van der Waals surface area contributed by atoms with Crippen LogP contribution in [0.4, 0.5) is 10.5 Å². The second-order valence-corrected chi connectivity index (χ2v) is 9.36. The lowest BCUT2D eigenvalue weighted by Gasteiger charge is -2.28. The predicted octanol–water partition coefficient (Wildman–Crippen LogP) is 4.02.